The molecule has 0 saturated heterocycles. The number of nitrogens with zero attached hydrogens (tertiary/aromatic N) is 3. The van der Waals surface area contributed by atoms with Gasteiger partial charge in [0.05, 0.1) is 29.9 Å². The molecule has 7 heteroatoms. The Labute approximate surface area is 180 Å². The highest BCUT2D eigenvalue weighted by Gasteiger charge is 2.17. The first-order valence-electron chi connectivity index (χ1n) is 9.68. The fourth-order valence-corrected chi connectivity index (χ4v) is 4.28. The number of anilines is 3. The molecule has 156 valence electrons. The summed E-state index contributed by atoms with van der Waals surface area (Å²) in [5.41, 5.74) is 6.61. The summed E-state index contributed by atoms with van der Waals surface area (Å²) in [6.07, 6.45) is 0. The Morgan fingerprint density at radius 1 is 1.07 bits per heavy atom. The lowest BCUT2D eigenvalue weighted by atomic mass is 10.1. The van der Waals surface area contributed by atoms with Crippen molar-refractivity contribution in [1.82, 2.24) is 9.55 Å². The second-order valence-electron chi connectivity index (χ2n) is 7.15. The molecular formula is C22H29BrN4O2. The van der Waals surface area contributed by atoms with Crippen LogP contribution in [0.25, 0.3) is 11.0 Å². The zero-order chi connectivity index (χ0) is 21.0. The number of nitrogens with one attached hydrogen (secondary N) is 1. The second kappa shape index (κ2) is 9.61. The summed E-state index contributed by atoms with van der Waals surface area (Å²) in [7, 11) is 5.50. The fraction of sp³-hybridized carbons (Fsp3) is 0.409. The van der Waals surface area contributed by atoms with Crippen LogP contribution in [0.1, 0.15) is 11.1 Å². The predicted molar refractivity (Wildman–Crippen MR) is 124 cm³/mol. The molecule has 0 aliphatic rings. The number of imidazole rings is 1. The quantitative estimate of drug-likeness (QED) is 0.497. The Kier molecular flexibility index (Phi) is 7.16. The molecule has 6 nitrogen and oxygen atoms in total. The molecular weight excluding hydrogens is 432 g/mol. The van der Waals surface area contributed by atoms with E-state index >= 15 is 0 Å². The van der Waals surface area contributed by atoms with Crippen molar-refractivity contribution in [2.45, 2.75) is 13.8 Å². The zero-order valence-electron chi connectivity index (χ0n) is 17.8. The smallest absolute Gasteiger partial charge is 0.208 e. The third kappa shape index (κ3) is 4.74. The van der Waals surface area contributed by atoms with Gasteiger partial charge in [-0.2, -0.15) is 0 Å². The zero-order valence-corrected chi connectivity index (χ0v) is 19.3. The van der Waals surface area contributed by atoms with Crippen LogP contribution >= 0.6 is 15.9 Å². The first-order chi connectivity index (χ1) is 14.0. The summed E-state index contributed by atoms with van der Waals surface area (Å²) >= 11 is 3.57. The number of para-hydroxylation sites is 1. The van der Waals surface area contributed by atoms with Crippen molar-refractivity contribution in [3.8, 4) is 0 Å². The SMILES string of the molecule is COCCN(CCOC)c1cccc2nc(Nc3c(C)cc(Br)cc3C)n(C)c12. The molecule has 2 aromatic carbocycles. The van der Waals surface area contributed by atoms with E-state index in [0.29, 0.717) is 13.2 Å². The maximum atomic E-state index is 5.32. The van der Waals surface area contributed by atoms with Gasteiger partial charge in [-0.05, 0) is 49.2 Å². The largest absolute Gasteiger partial charge is 0.383 e. The van der Waals surface area contributed by atoms with Crippen molar-refractivity contribution in [2.24, 2.45) is 7.05 Å². The van der Waals surface area contributed by atoms with Crippen molar-refractivity contribution in [3.63, 3.8) is 0 Å². The third-order valence-electron chi connectivity index (χ3n) is 5.08. The van der Waals surface area contributed by atoms with Crippen LogP contribution in [0.15, 0.2) is 34.8 Å². The van der Waals surface area contributed by atoms with Gasteiger partial charge in [-0.15, -0.1) is 0 Å². The number of hydrogen-bond acceptors (Lipinski definition) is 5. The number of halogens is 1. The maximum Gasteiger partial charge on any atom is 0.208 e. The van der Waals surface area contributed by atoms with Gasteiger partial charge in [0, 0.05) is 44.5 Å². The molecule has 0 radical (unpaired) electrons. The number of fused-ring (bicyclic) bond motifs is 1. The van der Waals surface area contributed by atoms with Gasteiger partial charge in [-0.1, -0.05) is 22.0 Å². The van der Waals surface area contributed by atoms with Gasteiger partial charge in [0.15, 0.2) is 0 Å². The van der Waals surface area contributed by atoms with E-state index in [0.717, 1.165) is 45.9 Å². The van der Waals surface area contributed by atoms with Crippen molar-refractivity contribution in [2.75, 3.05) is 50.7 Å². The Hall–Kier alpha value is -2.09. The van der Waals surface area contributed by atoms with Gasteiger partial charge >= 0.3 is 0 Å². The molecule has 0 unspecified atom stereocenters. The number of aromatic nitrogens is 2. The van der Waals surface area contributed by atoms with E-state index in [2.05, 4.69) is 81.9 Å². The minimum atomic E-state index is 0.653. The van der Waals surface area contributed by atoms with E-state index in [4.69, 9.17) is 14.5 Å². The van der Waals surface area contributed by atoms with Crippen LogP contribution in [0.3, 0.4) is 0 Å². The molecule has 0 saturated carbocycles. The molecule has 0 fully saturated rings. The number of hydrogen-bond donors (Lipinski definition) is 1. The standard InChI is InChI=1S/C22H29BrN4O2/c1-15-13-17(23)14-16(2)20(15)25-22-24-18-7-6-8-19(21(18)26(22)3)27(9-11-28-4)10-12-29-5/h6-8,13-14H,9-12H2,1-5H3,(H,24,25). The number of aryl methyl sites for hydroxylation is 3. The molecule has 0 aliphatic carbocycles. The summed E-state index contributed by atoms with van der Waals surface area (Å²) in [4.78, 5) is 7.16. The lowest BCUT2D eigenvalue weighted by Crippen LogP contribution is -2.31. The topological polar surface area (TPSA) is 51.6 Å². The molecule has 1 N–H and O–H groups in total. The number of rotatable bonds is 9. The van der Waals surface area contributed by atoms with E-state index in [9.17, 15) is 0 Å². The summed E-state index contributed by atoms with van der Waals surface area (Å²) in [5.74, 6) is 0.819. The fourth-order valence-electron chi connectivity index (χ4n) is 3.59. The highest BCUT2D eigenvalue weighted by Crippen LogP contribution is 2.32. The summed E-state index contributed by atoms with van der Waals surface area (Å²) < 4.78 is 13.8. The molecule has 0 spiro atoms. The molecule has 1 aromatic heterocycles. The van der Waals surface area contributed by atoms with E-state index in [-0.39, 0.29) is 0 Å². The lowest BCUT2D eigenvalue weighted by molar-refractivity contribution is 0.190. The van der Waals surface area contributed by atoms with Gasteiger partial charge in [-0.25, -0.2) is 4.98 Å². The number of benzene rings is 2. The Morgan fingerprint density at radius 3 is 2.28 bits per heavy atom. The second-order valence-corrected chi connectivity index (χ2v) is 8.07. The van der Waals surface area contributed by atoms with E-state index in [1.165, 1.54) is 11.1 Å². The first-order valence-corrected chi connectivity index (χ1v) is 10.5. The van der Waals surface area contributed by atoms with E-state index in [1.54, 1.807) is 14.2 Å². The van der Waals surface area contributed by atoms with Crippen LogP contribution < -0.4 is 10.2 Å². The molecule has 1 heterocycles. The molecule has 0 bridgehead atoms. The van der Waals surface area contributed by atoms with Crippen LogP contribution in [0.2, 0.25) is 0 Å². The Bertz CT molecular complexity index is 955. The molecule has 0 amide bonds. The van der Waals surface area contributed by atoms with Crippen molar-refractivity contribution < 1.29 is 9.47 Å². The van der Waals surface area contributed by atoms with Gasteiger partial charge in [-0.3, -0.25) is 0 Å². The first kappa shape index (κ1) is 21.6. The normalized spacial score (nSPS) is 11.2. The number of ether oxygens (including phenoxy) is 2. The predicted octanol–water partition coefficient (Wildman–Crippen LogP) is 4.80. The van der Waals surface area contributed by atoms with Crippen molar-refractivity contribution in [1.29, 1.82) is 0 Å². The highest BCUT2D eigenvalue weighted by atomic mass is 79.9. The average Bonchev–Trinajstić information content (AvgIpc) is 3.01. The summed E-state index contributed by atoms with van der Waals surface area (Å²) in [6, 6.07) is 10.5. The molecule has 0 aliphatic heterocycles. The van der Waals surface area contributed by atoms with Crippen molar-refractivity contribution in [3.05, 3.63) is 45.9 Å². The molecule has 29 heavy (non-hydrogen) atoms. The van der Waals surface area contributed by atoms with E-state index < -0.39 is 0 Å². The van der Waals surface area contributed by atoms with Gasteiger partial charge in [0.1, 0.15) is 0 Å². The monoisotopic (exact) mass is 460 g/mol. The van der Waals surface area contributed by atoms with Crippen LogP contribution in [0.4, 0.5) is 17.3 Å². The molecule has 3 rings (SSSR count). The van der Waals surface area contributed by atoms with Crippen LogP contribution in [0, 0.1) is 13.8 Å². The van der Waals surface area contributed by atoms with Crippen molar-refractivity contribution >= 4 is 44.3 Å². The van der Waals surface area contributed by atoms with Gasteiger partial charge in [0.2, 0.25) is 5.95 Å². The minimum absolute atomic E-state index is 0.653. The van der Waals surface area contributed by atoms with E-state index in [1.807, 2.05) is 0 Å². The van der Waals surface area contributed by atoms with Crippen LogP contribution in [-0.2, 0) is 16.5 Å². The molecule has 0 atom stereocenters. The third-order valence-corrected chi connectivity index (χ3v) is 5.54. The lowest BCUT2D eigenvalue weighted by Gasteiger charge is -2.25. The van der Waals surface area contributed by atoms with Crippen LogP contribution in [-0.4, -0.2) is 50.1 Å². The summed E-state index contributed by atoms with van der Waals surface area (Å²) in [6.45, 7) is 7.09. The maximum absolute atomic E-state index is 5.32. The van der Waals surface area contributed by atoms with Gasteiger partial charge in [0.25, 0.3) is 0 Å². The Morgan fingerprint density at radius 2 is 1.69 bits per heavy atom. The average molecular weight is 461 g/mol. The van der Waals surface area contributed by atoms with Gasteiger partial charge < -0.3 is 24.3 Å². The number of methoxy groups -OCH3 is 2. The highest BCUT2D eigenvalue weighted by molar-refractivity contribution is 9.10. The Balaban J connectivity index is 2.02. The summed E-state index contributed by atoms with van der Waals surface area (Å²) in [5, 5.41) is 3.54. The molecule has 3 aromatic rings. The van der Waals surface area contributed by atoms with Crippen LogP contribution in [0.5, 0.6) is 0 Å². The minimum Gasteiger partial charge on any atom is -0.383 e.